The van der Waals surface area contributed by atoms with Crippen LogP contribution < -0.4 is 0 Å². The van der Waals surface area contributed by atoms with Gasteiger partial charge in [0.2, 0.25) is 0 Å². The Kier molecular flexibility index (Phi) is 7.13. The van der Waals surface area contributed by atoms with Crippen LogP contribution >= 0.6 is 0 Å². The van der Waals surface area contributed by atoms with Crippen molar-refractivity contribution in [2.75, 3.05) is 13.1 Å². The first-order valence-electron chi connectivity index (χ1n) is 6.70. The number of hydrogen-bond donors (Lipinski definition) is 2. The third-order valence-electron chi connectivity index (χ3n) is 2.92. The van der Waals surface area contributed by atoms with Crippen molar-refractivity contribution >= 4 is 17.8 Å². The summed E-state index contributed by atoms with van der Waals surface area (Å²) in [5.41, 5.74) is 1.22. The standard InChI is InChI=1S/C13H15N3.C2H2O4/c14-8-10-16-9-4-7-13(16)15-11-12-5-2-1-3-6-12;3-1(4)2(5)6/h1-3,5-6H,4,7,9-11H2;(H,3,4)(H,5,6). The van der Waals surface area contributed by atoms with Gasteiger partial charge in [-0.15, -0.1) is 0 Å². The molecule has 116 valence electrons. The average molecular weight is 303 g/mol. The lowest BCUT2D eigenvalue weighted by Gasteiger charge is -2.14. The number of carbonyl (C=O) groups is 2. The summed E-state index contributed by atoms with van der Waals surface area (Å²) in [6.45, 7) is 2.16. The van der Waals surface area contributed by atoms with Crippen LogP contribution in [-0.2, 0) is 16.1 Å². The second-order valence-corrected chi connectivity index (χ2v) is 4.51. The van der Waals surface area contributed by atoms with Crippen LogP contribution in [-0.4, -0.2) is 46.0 Å². The number of likely N-dealkylation sites (tertiary alicyclic amines) is 1. The van der Waals surface area contributed by atoms with Crippen molar-refractivity contribution in [3.05, 3.63) is 35.9 Å². The minimum Gasteiger partial charge on any atom is -0.473 e. The van der Waals surface area contributed by atoms with Gasteiger partial charge in [-0.25, -0.2) is 9.59 Å². The van der Waals surface area contributed by atoms with Gasteiger partial charge < -0.3 is 15.1 Å². The van der Waals surface area contributed by atoms with Crippen molar-refractivity contribution in [2.24, 2.45) is 4.99 Å². The lowest BCUT2D eigenvalue weighted by molar-refractivity contribution is -0.159. The van der Waals surface area contributed by atoms with Gasteiger partial charge in [-0.05, 0) is 12.0 Å². The molecule has 0 atom stereocenters. The molecule has 2 rings (SSSR count). The predicted molar refractivity (Wildman–Crippen MR) is 79.3 cm³/mol. The number of benzene rings is 1. The van der Waals surface area contributed by atoms with Crippen LogP contribution in [0.1, 0.15) is 18.4 Å². The van der Waals surface area contributed by atoms with E-state index >= 15 is 0 Å². The molecule has 0 aromatic heterocycles. The number of aliphatic carboxylic acids is 2. The summed E-state index contributed by atoms with van der Waals surface area (Å²) in [6, 6.07) is 12.4. The van der Waals surface area contributed by atoms with E-state index in [1.165, 1.54) is 5.56 Å². The molecule has 22 heavy (non-hydrogen) atoms. The Morgan fingerprint density at radius 3 is 2.41 bits per heavy atom. The molecule has 1 heterocycles. The van der Waals surface area contributed by atoms with Crippen LogP contribution in [0.5, 0.6) is 0 Å². The quantitative estimate of drug-likeness (QED) is 0.643. The fourth-order valence-electron chi connectivity index (χ4n) is 1.92. The van der Waals surface area contributed by atoms with Crippen LogP contribution in [0.4, 0.5) is 0 Å². The zero-order chi connectivity index (χ0) is 16.4. The molecule has 2 N–H and O–H groups in total. The first-order valence-corrected chi connectivity index (χ1v) is 6.70. The number of hydrogen-bond acceptors (Lipinski definition) is 4. The smallest absolute Gasteiger partial charge is 0.414 e. The highest BCUT2D eigenvalue weighted by Crippen LogP contribution is 2.12. The molecule has 0 amide bonds. The topological polar surface area (TPSA) is 114 Å². The van der Waals surface area contributed by atoms with Gasteiger partial charge in [0.25, 0.3) is 0 Å². The highest BCUT2D eigenvalue weighted by Gasteiger charge is 2.17. The molecular weight excluding hydrogens is 286 g/mol. The second-order valence-electron chi connectivity index (χ2n) is 4.51. The summed E-state index contributed by atoms with van der Waals surface area (Å²) in [5, 5.41) is 23.5. The van der Waals surface area contributed by atoms with E-state index in [1.807, 2.05) is 18.2 Å². The zero-order valence-electron chi connectivity index (χ0n) is 12.0. The van der Waals surface area contributed by atoms with Gasteiger partial charge in [0.1, 0.15) is 12.4 Å². The molecule has 7 heteroatoms. The summed E-state index contributed by atoms with van der Waals surface area (Å²) in [4.78, 5) is 24.9. The Labute approximate surface area is 128 Å². The lowest BCUT2D eigenvalue weighted by Crippen LogP contribution is -2.25. The van der Waals surface area contributed by atoms with Gasteiger partial charge in [0.05, 0.1) is 12.6 Å². The maximum Gasteiger partial charge on any atom is 0.414 e. The number of aliphatic imine (C=N–C) groups is 1. The van der Waals surface area contributed by atoms with Crippen molar-refractivity contribution in [2.45, 2.75) is 19.4 Å². The Hall–Kier alpha value is -2.88. The van der Waals surface area contributed by atoms with Crippen molar-refractivity contribution in [3.63, 3.8) is 0 Å². The molecule has 1 fully saturated rings. The first-order chi connectivity index (χ1) is 10.5. The molecule has 1 saturated heterocycles. The van der Waals surface area contributed by atoms with Crippen molar-refractivity contribution in [3.8, 4) is 6.07 Å². The van der Waals surface area contributed by atoms with Crippen LogP contribution in [0.25, 0.3) is 0 Å². The molecule has 1 aromatic rings. The largest absolute Gasteiger partial charge is 0.473 e. The molecule has 1 aliphatic rings. The van der Waals surface area contributed by atoms with Gasteiger partial charge in [0, 0.05) is 13.0 Å². The van der Waals surface area contributed by atoms with Gasteiger partial charge >= 0.3 is 11.9 Å². The zero-order valence-corrected chi connectivity index (χ0v) is 12.0. The van der Waals surface area contributed by atoms with E-state index in [2.05, 4.69) is 28.1 Å². The number of amidine groups is 1. The van der Waals surface area contributed by atoms with E-state index in [-0.39, 0.29) is 0 Å². The average Bonchev–Trinajstić information content (AvgIpc) is 2.94. The van der Waals surface area contributed by atoms with Crippen molar-refractivity contribution in [1.82, 2.24) is 4.90 Å². The molecule has 0 radical (unpaired) electrons. The second kappa shape index (κ2) is 9.13. The number of carboxylic acid groups (broad SMARTS) is 2. The predicted octanol–water partition coefficient (Wildman–Crippen LogP) is 1.36. The molecule has 0 saturated carbocycles. The Morgan fingerprint density at radius 2 is 1.86 bits per heavy atom. The molecule has 0 aliphatic carbocycles. The first kappa shape index (κ1) is 17.2. The summed E-state index contributed by atoms with van der Waals surface area (Å²) in [7, 11) is 0. The molecule has 0 unspecified atom stereocenters. The van der Waals surface area contributed by atoms with Crippen LogP contribution in [0, 0.1) is 11.3 Å². The summed E-state index contributed by atoms with van der Waals surface area (Å²) in [5.74, 6) is -2.56. The van der Waals surface area contributed by atoms with E-state index in [0.29, 0.717) is 6.54 Å². The normalized spacial score (nSPS) is 14.9. The van der Waals surface area contributed by atoms with Gasteiger partial charge in [-0.3, -0.25) is 4.99 Å². The minimum absolute atomic E-state index is 0.466. The third-order valence-corrected chi connectivity index (χ3v) is 2.92. The van der Waals surface area contributed by atoms with Gasteiger partial charge in [-0.2, -0.15) is 5.26 Å². The maximum atomic E-state index is 9.10. The van der Waals surface area contributed by atoms with E-state index in [9.17, 15) is 0 Å². The number of nitrogens with zero attached hydrogens (tertiary/aromatic N) is 3. The monoisotopic (exact) mass is 303 g/mol. The number of carboxylic acids is 2. The van der Waals surface area contributed by atoms with Crippen LogP contribution in [0.3, 0.4) is 0 Å². The molecule has 1 aliphatic heterocycles. The SMILES string of the molecule is N#CCN1CCCC1=NCc1ccccc1.O=C(O)C(=O)O. The van der Waals surface area contributed by atoms with Gasteiger partial charge in [-0.1, -0.05) is 30.3 Å². The number of nitriles is 1. The number of rotatable bonds is 3. The van der Waals surface area contributed by atoms with E-state index in [1.54, 1.807) is 0 Å². The fraction of sp³-hybridized carbons (Fsp3) is 0.333. The Balaban J connectivity index is 0.000000346. The molecule has 0 bridgehead atoms. The fourth-order valence-corrected chi connectivity index (χ4v) is 1.92. The molecular formula is C15H17N3O4. The van der Waals surface area contributed by atoms with E-state index in [4.69, 9.17) is 25.1 Å². The Bertz CT molecular complexity index is 566. The highest BCUT2D eigenvalue weighted by atomic mass is 16.4. The van der Waals surface area contributed by atoms with Crippen LogP contribution in [0.15, 0.2) is 35.3 Å². The summed E-state index contributed by atoms with van der Waals surface area (Å²) in [6.07, 6.45) is 2.13. The van der Waals surface area contributed by atoms with Crippen molar-refractivity contribution in [1.29, 1.82) is 5.26 Å². The third kappa shape index (κ3) is 6.05. The highest BCUT2D eigenvalue weighted by molar-refractivity contribution is 6.27. The van der Waals surface area contributed by atoms with Crippen molar-refractivity contribution < 1.29 is 19.8 Å². The summed E-state index contributed by atoms with van der Waals surface area (Å²) < 4.78 is 0. The summed E-state index contributed by atoms with van der Waals surface area (Å²) >= 11 is 0. The Morgan fingerprint density at radius 1 is 1.23 bits per heavy atom. The maximum absolute atomic E-state index is 9.10. The van der Waals surface area contributed by atoms with Crippen LogP contribution in [0.2, 0.25) is 0 Å². The molecule has 0 spiro atoms. The lowest BCUT2D eigenvalue weighted by atomic mass is 10.2. The minimum atomic E-state index is -1.82. The van der Waals surface area contributed by atoms with E-state index in [0.717, 1.165) is 31.8 Å². The van der Waals surface area contributed by atoms with E-state index < -0.39 is 11.9 Å². The molecule has 7 nitrogen and oxygen atoms in total. The van der Waals surface area contributed by atoms with Gasteiger partial charge in [0.15, 0.2) is 0 Å². The molecule has 1 aromatic carbocycles.